The number of carbonyl (C=O) groups excluding carboxylic acids is 2. The molecule has 1 amide bonds. The minimum Gasteiger partial charge on any atom is -0.480 e. The average Bonchev–Trinajstić information content (AvgIpc) is 2.40. The second-order valence-corrected chi connectivity index (χ2v) is 6.21. The van der Waals surface area contributed by atoms with Crippen molar-refractivity contribution in [2.75, 3.05) is 6.54 Å². The Morgan fingerprint density at radius 3 is 2.59 bits per heavy atom. The van der Waals surface area contributed by atoms with Gasteiger partial charge < -0.3 is 14.8 Å². The fraction of sp³-hybridized carbons (Fsp3) is 0.467. The van der Waals surface area contributed by atoms with Gasteiger partial charge in [0.1, 0.15) is 5.75 Å². The van der Waals surface area contributed by atoms with Crippen LogP contribution in [-0.4, -0.2) is 30.6 Å². The third-order valence-corrected chi connectivity index (χ3v) is 3.42. The van der Waals surface area contributed by atoms with Crippen LogP contribution in [0.3, 0.4) is 0 Å². The van der Waals surface area contributed by atoms with Crippen LogP contribution < -0.4 is 10.1 Å². The molecule has 122 valence electrons. The summed E-state index contributed by atoms with van der Waals surface area (Å²) in [6.45, 7) is 5.38. The van der Waals surface area contributed by atoms with Crippen LogP contribution in [0.1, 0.15) is 27.2 Å². The Bertz CT molecular complexity index is 536. The summed E-state index contributed by atoms with van der Waals surface area (Å²) in [7, 11) is 0. The lowest BCUT2D eigenvalue weighted by Gasteiger charge is -2.16. The number of esters is 1. The first-order chi connectivity index (χ1) is 10.3. The largest absolute Gasteiger partial charge is 0.480 e. The molecule has 0 fully saturated rings. The molecule has 1 aromatic carbocycles. The predicted molar refractivity (Wildman–Crippen MR) is 88.1 cm³/mol. The SMILES string of the molecule is CC(C)OC(=O)CCNC(=O)C(C)Oc1ccc(Cl)cc1Br. The fourth-order valence-corrected chi connectivity index (χ4v) is 2.34. The third-order valence-electron chi connectivity index (χ3n) is 2.56. The molecule has 7 heteroatoms. The van der Waals surface area contributed by atoms with Gasteiger partial charge in [0.05, 0.1) is 17.0 Å². The van der Waals surface area contributed by atoms with Gasteiger partial charge in [-0.3, -0.25) is 9.59 Å². The summed E-state index contributed by atoms with van der Waals surface area (Å²) in [5.74, 6) is -0.130. The highest BCUT2D eigenvalue weighted by molar-refractivity contribution is 9.10. The Balaban J connectivity index is 2.40. The van der Waals surface area contributed by atoms with Gasteiger partial charge in [0, 0.05) is 11.6 Å². The number of ether oxygens (including phenoxy) is 2. The summed E-state index contributed by atoms with van der Waals surface area (Å²) in [6.07, 6.45) is -0.729. The van der Waals surface area contributed by atoms with Crippen molar-refractivity contribution >= 4 is 39.4 Å². The minimum atomic E-state index is -0.696. The topological polar surface area (TPSA) is 64.6 Å². The third kappa shape index (κ3) is 6.66. The molecule has 1 N–H and O–H groups in total. The zero-order chi connectivity index (χ0) is 16.7. The Hall–Kier alpha value is -1.27. The van der Waals surface area contributed by atoms with Crippen LogP contribution in [0.2, 0.25) is 5.02 Å². The van der Waals surface area contributed by atoms with E-state index in [-0.39, 0.29) is 30.9 Å². The van der Waals surface area contributed by atoms with Crippen molar-refractivity contribution in [3.63, 3.8) is 0 Å². The van der Waals surface area contributed by atoms with E-state index in [2.05, 4.69) is 21.2 Å². The van der Waals surface area contributed by atoms with Crippen molar-refractivity contribution in [3.8, 4) is 5.75 Å². The average molecular weight is 393 g/mol. The number of nitrogens with one attached hydrogen (secondary N) is 1. The first kappa shape index (κ1) is 18.8. The second kappa shape index (κ2) is 9.00. The molecule has 1 atom stereocenters. The molecule has 1 unspecified atom stereocenters. The lowest BCUT2D eigenvalue weighted by Crippen LogP contribution is -2.37. The molecule has 22 heavy (non-hydrogen) atoms. The molecular weight excluding hydrogens is 374 g/mol. The van der Waals surface area contributed by atoms with Crippen molar-refractivity contribution in [2.24, 2.45) is 0 Å². The molecular formula is C15H19BrClNO4. The zero-order valence-corrected chi connectivity index (χ0v) is 15.0. The van der Waals surface area contributed by atoms with Gasteiger partial charge in [0.25, 0.3) is 5.91 Å². The maximum absolute atomic E-state index is 11.9. The van der Waals surface area contributed by atoms with E-state index in [4.69, 9.17) is 21.1 Å². The van der Waals surface area contributed by atoms with E-state index in [0.29, 0.717) is 15.2 Å². The number of hydrogen-bond donors (Lipinski definition) is 1. The summed E-state index contributed by atoms with van der Waals surface area (Å²) < 4.78 is 11.2. The van der Waals surface area contributed by atoms with Crippen LogP contribution in [-0.2, 0) is 14.3 Å². The van der Waals surface area contributed by atoms with E-state index in [9.17, 15) is 9.59 Å². The molecule has 5 nitrogen and oxygen atoms in total. The molecule has 1 rings (SSSR count). The van der Waals surface area contributed by atoms with Gasteiger partial charge in [-0.25, -0.2) is 0 Å². The number of hydrogen-bond acceptors (Lipinski definition) is 4. The quantitative estimate of drug-likeness (QED) is 0.723. The Morgan fingerprint density at radius 2 is 2.00 bits per heavy atom. The standard InChI is InChI=1S/C15H19BrClNO4/c1-9(2)21-14(19)6-7-18-15(20)10(3)22-13-5-4-11(17)8-12(13)16/h4-5,8-10H,6-7H2,1-3H3,(H,18,20). The van der Waals surface area contributed by atoms with Crippen molar-refractivity contribution in [2.45, 2.75) is 39.4 Å². The molecule has 0 bridgehead atoms. The van der Waals surface area contributed by atoms with Crippen LogP contribution in [0.25, 0.3) is 0 Å². The first-order valence-corrected chi connectivity index (χ1v) is 8.05. The molecule has 0 aliphatic rings. The molecule has 0 heterocycles. The van der Waals surface area contributed by atoms with E-state index in [0.717, 1.165) is 0 Å². The number of carbonyl (C=O) groups is 2. The molecule has 0 saturated heterocycles. The van der Waals surface area contributed by atoms with Gasteiger partial charge in [-0.2, -0.15) is 0 Å². The number of benzene rings is 1. The van der Waals surface area contributed by atoms with Crippen molar-refractivity contribution in [1.29, 1.82) is 0 Å². The molecule has 0 radical (unpaired) electrons. The summed E-state index contributed by atoms with van der Waals surface area (Å²) in [5, 5.41) is 3.20. The molecule has 0 saturated carbocycles. The lowest BCUT2D eigenvalue weighted by atomic mass is 10.3. The molecule has 0 aliphatic heterocycles. The van der Waals surface area contributed by atoms with Crippen LogP contribution in [0.5, 0.6) is 5.75 Å². The predicted octanol–water partition coefficient (Wildman–Crippen LogP) is 3.33. The highest BCUT2D eigenvalue weighted by atomic mass is 79.9. The van der Waals surface area contributed by atoms with E-state index in [1.54, 1.807) is 39.0 Å². The first-order valence-electron chi connectivity index (χ1n) is 6.88. The second-order valence-electron chi connectivity index (χ2n) is 4.91. The molecule has 0 aliphatic carbocycles. The van der Waals surface area contributed by atoms with Gasteiger partial charge in [-0.15, -0.1) is 0 Å². The Kier molecular flexibility index (Phi) is 7.68. The summed E-state index contributed by atoms with van der Waals surface area (Å²) in [4.78, 5) is 23.2. The van der Waals surface area contributed by atoms with E-state index in [1.807, 2.05) is 0 Å². The van der Waals surface area contributed by atoms with Crippen LogP contribution >= 0.6 is 27.5 Å². The highest BCUT2D eigenvalue weighted by Crippen LogP contribution is 2.28. The van der Waals surface area contributed by atoms with E-state index in [1.165, 1.54) is 0 Å². The zero-order valence-electron chi connectivity index (χ0n) is 12.7. The minimum absolute atomic E-state index is 0.126. The molecule has 0 spiro atoms. The Morgan fingerprint density at radius 1 is 1.32 bits per heavy atom. The number of amides is 1. The maximum Gasteiger partial charge on any atom is 0.307 e. The number of rotatable bonds is 7. The maximum atomic E-state index is 11.9. The normalized spacial score (nSPS) is 11.9. The van der Waals surface area contributed by atoms with Crippen molar-refractivity contribution < 1.29 is 19.1 Å². The van der Waals surface area contributed by atoms with Crippen LogP contribution in [0.15, 0.2) is 22.7 Å². The summed E-state index contributed by atoms with van der Waals surface area (Å²) in [6, 6.07) is 5.04. The molecule has 1 aromatic rings. The van der Waals surface area contributed by atoms with Gasteiger partial charge in [0.2, 0.25) is 0 Å². The van der Waals surface area contributed by atoms with Gasteiger partial charge in [-0.1, -0.05) is 11.6 Å². The van der Waals surface area contributed by atoms with Crippen molar-refractivity contribution in [3.05, 3.63) is 27.7 Å². The lowest BCUT2D eigenvalue weighted by molar-refractivity contribution is -0.147. The van der Waals surface area contributed by atoms with Gasteiger partial charge in [0.15, 0.2) is 6.10 Å². The smallest absolute Gasteiger partial charge is 0.307 e. The van der Waals surface area contributed by atoms with Crippen LogP contribution in [0, 0.1) is 0 Å². The van der Waals surface area contributed by atoms with Crippen LogP contribution in [0.4, 0.5) is 0 Å². The highest BCUT2D eigenvalue weighted by Gasteiger charge is 2.16. The molecule has 0 aromatic heterocycles. The van der Waals surface area contributed by atoms with E-state index < -0.39 is 6.10 Å². The summed E-state index contributed by atoms with van der Waals surface area (Å²) in [5.41, 5.74) is 0. The summed E-state index contributed by atoms with van der Waals surface area (Å²) >= 11 is 9.16. The van der Waals surface area contributed by atoms with Gasteiger partial charge in [-0.05, 0) is 54.9 Å². The number of halogens is 2. The van der Waals surface area contributed by atoms with Crippen molar-refractivity contribution in [1.82, 2.24) is 5.32 Å². The fourth-order valence-electron chi connectivity index (χ4n) is 1.57. The van der Waals surface area contributed by atoms with E-state index >= 15 is 0 Å². The Labute approximate surface area is 143 Å². The monoisotopic (exact) mass is 391 g/mol. The van der Waals surface area contributed by atoms with Gasteiger partial charge >= 0.3 is 5.97 Å².